The number of hydrogen-bond acceptors (Lipinski definition) is 3. The molecule has 3 aromatic carbocycles. The van der Waals surface area contributed by atoms with Crippen LogP contribution in [0.2, 0.25) is 0 Å². The van der Waals surface area contributed by atoms with E-state index in [1.165, 1.54) is 16.8 Å². The second-order valence-electron chi connectivity index (χ2n) is 8.20. The zero-order valence-electron chi connectivity index (χ0n) is 17.7. The molecule has 5 rings (SSSR count). The molecule has 1 heterocycles. The van der Waals surface area contributed by atoms with E-state index in [9.17, 15) is 0 Å². The molecule has 1 aliphatic heterocycles. The Bertz CT molecular complexity index is 1180. The van der Waals surface area contributed by atoms with Crippen LogP contribution in [-0.2, 0) is 0 Å². The molecule has 4 heteroatoms. The Kier molecular flexibility index (Phi) is 5.95. The lowest BCUT2D eigenvalue weighted by atomic mass is 9.77. The molecule has 0 unspecified atom stereocenters. The number of hydrogen-bond donors (Lipinski definition) is 1. The van der Waals surface area contributed by atoms with Gasteiger partial charge in [-0.15, -0.1) is 0 Å². The van der Waals surface area contributed by atoms with E-state index in [-0.39, 0.29) is 0 Å². The number of nitrogens with one attached hydrogen (secondary N) is 1. The normalized spacial score (nSPS) is 21.1. The van der Waals surface area contributed by atoms with Gasteiger partial charge in [-0.3, -0.25) is 4.99 Å². The van der Waals surface area contributed by atoms with Crippen molar-refractivity contribution in [1.82, 2.24) is 0 Å². The van der Waals surface area contributed by atoms with Crippen LogP contribution in [0.25, 0.3) is 0 Å². The van der Waals surface area contributed by atoms with Crippen molar-refractivity contribution in [3.63, 3.8) is 0 Å². The summed E-state index contributed by atoms with van der Waals surface area (Å²) in [5.41, 5.74) is 5.92. The van der Waals surface area contributed by atoms with Gasteiger partial charge in [0.15, 0.2) is 0 Å². The Morgan fingerprint density at radius 3 is 2.75 bits per heavy atom. The topological polar surface area (TPSA) is 33.6 Å². The van der Waals surface area contributed by atoms with Gasteiger partial charge in [-0.25, -0.2) is 0 Å². The Labute approximate surface area is 197 Å². The van der Waals surface area contributed by atoms with Gasteiger partial charge in [0.05, 0.1) is 16.2 Å². The Morgan fingerprint density at radius 2 is 1.94 bits per heavy atom. The van der Waals surface area contributed by atoms with Gasteiger partial charge in [0.25, 0.3) is 0 Å². The van der Waals surface area contributed by atoms with Gasteiger partial charge in [0.2, 0.25) is 0 Å². The van der Waals surface area contributed by atoms with Gasteiger partial charge >= 0.3 is 0 Å². The third-order valence-corrected chi connectivity index (χ3v) is 6.82. The monoisotopic (exact) mass is 484 g/mol. The first-order valence-corrected chi connectivity index (χ1v) is 11.7. The molecule has 0 fully saturated rings. The molecule has 3 aromatic rings. The van der Waals surface area contributed by atoms with Crippen LogP contribution in [0.15, 0.2) is 101 Å². The van der Waals surface area contributed by atoms with E-state index in [4.69, 9.17) is 4.74 Å². The van der Waals surface area contributed by atoms with Crippen molar-refractivity contribution < 1.29 is 4.74 Å². The molecule has 0 aromatic heterocycles. The maximum atomic E-state index is 5.61. The molecule has 0 amide bonds. The molecular weight excluding hydrogens is 460 g/mol. The van der Waals surface area contributed by atoms with Crippen molar-refractivity contribution >= 4 is 33.5 Å². The van der Waals surface area contributed by atoms with Crippen LogP contribution >= 0.6 is 15.9 Å². The first-order valence-electron chi connectivity index (χ1n) is 10.9. The molecule has 1 aliphatic carbocycles. The van der Waals surface area contributed by atoms with Crippen molar-refractivity contribution in [3.05, 3.63) is 113 Å². The van der Waals surface area contributed by atoms with Gasteiger partial charge in [-0.05, 0) is 81.4 Å². The molecule has 0 radical (unpaired) electrons. The van der Waals surface area contributed by atoms with Crippen molar-refractivity contribution in [2.45, 2.75) is 18.4 Å². The molecule has 0 spiro atoms. The predicted molar refractivity (Wildman–Crippen MR) is 136 cm³/mol. The lowest BCUT2D eigenvalue weighted by Gasteiger charge is -2.37. The Morgan fingerprint density at radius 1 is 1.09 bits per heavy atom. The first kappa shape index (κ1) is 20.8. The molecule has 1 N–H and O–H groups in total. The number of fused-ring (bicyclic) bond motifs is 3. The molecule has 32 heavy (non-hydrogen) atoms. The number of rotatable bonds is 6. The third kappa shape index (κ3) is 4.15. The minimum absolute atomic E-state index is 0.307. The van der Waals surface area contributed by atoms with Gasteiger partial charge in [-0.1, -0.05) is 55.1 Å². The highest BCUT2D eigenvalue weighted by Gasteiger charge is 2.37. The van der Waals surface area contributed by atoms with E-state index < -0.39 is 0 Å². The molecule has 3 nitrogen and oxygen atoms in total. The fourth-order valence-electron chi connectivity index (χ4n) is 4.65. The van der Waals surface area contributed by atoms with Crippen LogP contribution in [0, 0.1) is 5.92 Å². The van der Waals surface area contributed by atoms with E-state index in [0.29, 0.717) is 24.5 Å². The minimum Gasteiger partial charge on any atom is -0.488 e. The summed E-state index contributed by atoms with van der Waals surface area (Å²) in [4.78, 5) is 4.66. The van der Waals surface area contributed by atoms with Crippen LogP contribution in [-0.4, -0.2) is 12.8 Å². The van der Waals surface area contributed by atoms with Crippen LogP contribution in [0.5, 0.6) is 5.75 Å². The molecule has 3 atom stereocenters. The van der Waals surface area contributed by atoms with Crippen LogP contribution in [0.1, 0.15) is 35.1 Å². The lowest BCUT2D eigenvalue weighted by molar-refractivity contribution is 0.361. The summed E-state index contributed by atoms with van der Waals surface area (Å²) in [5.74, 6) is 1.85. The maximum absolute atomic E-state index is 5.61. The van der Waals surface area contributed by atoms with Gasteiger partial charge < -0.3 is 10.1 Å². The highest BCUT2D eigenvalue weighted by Crippen LogP contribution is 2.49. The Balaban J connectivity index is 1.32. The quantitative estimate of drug-likeness (QED) is 0.288. The second kappa shape index (κ2) is 9.17. The fourth-order valence-corrected chi connectivity index (χ4v) is 5.16. The van der Waals surface area contributed by atoms with E-state index in [0.717, 1.165) is 27.9 Å². The Hall–Kier alpha value is -3.11. The minimum atomic E-state index is 0.307. The number of halogens is 1. The lowest BCUT2D eigenvalue weighted by Crippen LogP contribution is -2.28. The average Bonchev–Trinajstić information content (AvgIpc) is 3.32. The van der Waals surface area contributed by atoms with Crippen molar-refractivity contribution in [1.29, 1.82) is 0 Å². The highest BCUT2D eigenvalue weighted by molar-refractivity contribution is 9.10. The summed E-state index contributed by atoms with van der Waals surface area (Å²) in [6, 6.07) is 23.5. The molecule has 0 saturated heterocycles. The maximum Gasteiger partial charge on any atom is 0.133 e. The van der Waals surface area contributed by atoms with Gasteiger partial charge in [0, 0.05) is 17.8 Å². The molecule has 160 valence electrons. The number of ether oxygens (including phenoxy) is 1. The standard InChI is InChI=1S/C28H25BrN2O/c1-2-16-32-27-15-10-19(17-25(27)29)18-30-21-13-11-20(12-14-21)28-24-8-5-7-22(24)23-6-3-4-9-26(23)31-28/h2-7,9-15,17-18,22,24,28,31H,1,8,16H2/t22-,24-,28+/m1/s1. The largest absolute Gasteiger partial charge is 0.488 e. The first-order chi connectivity index (χ1) is 15.7. The second-order valence-corrected chi connectivity index (χ2v) is 9.06. The van der Waals surface area contributed by atoms with Crippen molar-refractivity contribution in [2.24, 2.45) is 10.9 Å². The fraction of sp³-hybridized carbons (Fsp3) is 0.179. The number of benzene rings is 3. The summed E-state index contributed by atoms with van der Waals surface area (Å²) in [6.07, 6.45) is 9.43. The SMILES string of the molecule is C=CCOc1ccc(C=Nc2ccc([C@@H]3Nc4ccccc4[C@H]4C=CC[C@H]43)cc2)cc1Br. The van der Waals surface area contributed by atoms with E-state index >= 15 is 0 Å². The molecule has 0 bridgehead atoms. The number of anilines is 1. The number of nitrogens with zero attached hydrogens (tertiary/aromatic N) is 1. The zero-order chi connectivity index (χ0) is 21.9. The van der Waals surface area contributed by atoms with Crippen LogP contribution in [0.3, 0.4) is 0 Å². The number of allylic oxidation sites excluding steroid dienone is 2. The van der Waals surface area contributed by atoms with E-state index in [2.05, 4.69) is 93.5 Å². The smallest absolute Gasteiger partial charge is 0.133 e. The summed E-state index contributed by atoms with van der Waals surface area (Å²) in [5, 5.41) is 3.79. The summed E-state index contributed by atoms with van der Waals surface area (Å²) in [6.45, 7) is 4.16. The summed E-state index contributed by atoms with van der Waals surface area (Å²) < 4.78 is 6.51. The highest BCUT2D eigenvalue weighted by atomic mass is 79.9. The van der Waals surface area contributed by atoms with Gasteiger partial charge in [0.1, 0.15) is 12.4 Å². The van der Waals surface area contributed by atoms with Gasteiger partial charge in [-0.2, -0.15) is 0 Å². The van der Waals surface area contributed by atoms with E-state index in [1.54, 1.807) is 6.08 Å². The summed E-state index contributed by atoms with van der Waals surface area (Å²) >= 11 is 3.56. The number of aliphatic imine (C=N–C) groups is 1. The van der Waals surface area contributed by atoms with Crippen LogP contribution in [0.4, 0.5) is 11.4 Å². The number of para-hydroxylation sites is 1. The summed E-state index contributed by atoms with van der Waals surface area (Å²) in [7, 11) is 0. The third-order valence-electron chi connectivity index (χ3n) is 6.20. The molecule has 0 saturated carbocycles. The zero-order valence-corrected chi connectivity index (χ0v) is 19.3. The average molecular weight is 485 g/mol. The predicted octanol–water partition coefficient (Wildman–Crippen LogP) is 7.59. The molecule has 2 aliphatic rings. The van der Waals surface area contributed by atoms with E-state index in [1.807, 2.05) is 24.4 Å². The van der Waals surface area contributed by atoms with Crippen molar-refractivity contribution in [2.75, 3.05) is 11.9 Å². The van der Waals surface area contributed by atoms with Crippen molar-refractivity contribution in [3.8, 4) is 5.75 Å². The van der Waals surface area contributed by atoms with Crippen LogP contribution < -0.4 is 10.1 Å². The molecular formula is C28H25BrN2O.